The van der Waals surface area contributed by atoms with Crippen LogP contribution in [0.1, 0.15) is 103 Å². The molecule has 2 aliphatic carbocycles. The number of likely N-dealkylation sites (tertiary alicyclic amines) is 2. The van der Waals surface area contributed by atoms with E-state index in [1.807, 2.05) is 4.68 Å². The van der Waals surface area contributed by atoms with Crippen molar-refractivity contribution >= 4 is 111 Å². The number of aromatic nitrogens is 8. The number of alkyl carbamates (subject to hydrolysis) is 1. The van der Waals surface area contributed by atoms with Crippen LogP contribution in [0.15, 0.2) is 60.9 Å². The minimum absolute atomic E-state index is 0.0166. The summed E-state index contributed by atoms with van der Waals surface area (Å²) in [5, 5.41) is 93.2. The van der Waals surface area contributed by atoms with Crippen LogP contribution < -0.4 is 57.3 Å². The molecule has 7 heterocycles. The number of halogens is 4. The maximum atomic E-state index is 14.0. The molecule has 48 nitrogen and oxygen atoms in total. The second-order valence-corrected chi connectivity index (χ2v) is 34.9. The molecule has 6 aromatic rings. The molecule has 2 aromatic carbocycles. The van der Waals surface area contributed by atoms with Crippen LogP contribution in [0.3, 0.4) is 0 Å². The van der Waals surface area contributed by atoms with Crippen molar-refractivity contribution in [3.8, 4) is 23.6 Å². The number of amides is 8. The van der Waals surface area contributed by atoms with Crippen LogP contribution in [0, 0.1) is 40.4 Å². The van der Waals surface area contributed by atoms with Gasteiger partial charge in [0.05, 0.1) is 153 Å². The first-order chi connectivity index (χ1) is 69.4. The molecule has 782 valence electrons. The Hall–Kier alpha value is -13.8. The van der Waals surface area contributed by atoms with Crippen LogP contribution in [0.5, 0.6) is 11.5 Å². The number of nitrogens with zero attached hydrogens (tertiary/aromatic N) is 16. The van der Waals surface area contributed by atoms with Gasteiger partial charge in [0.15, 0.2) is 0 Å². The van der Waals surface area contributed by atoms with E-state index >= 15 is 0 Å². The number of rotatable bonds is 57. The Morgan fingerprint density at radius 3 is 1.39 bits per heavy atom. The van der Waals surface area contributed by atoms with Crippen LogP contribution in [-0.2, 0) is 86.2 Å². The van der Waals surface area contributed by atoms with Gasteiger partial charge in [-0.3, -0.25) is 82.3 Å². The number of carboxylic acids is 4. The first kappa shape index (κ1) is 111. The Morgan fingerprint density at radius 1 is 0.486 bits per heavy atom. The fourth-order valence-electron chi connectivity index (χ4n) is 17.2. The molecular weight excluding hydrogens is 1900 g/mol. The van der Waals surface area contributed by atoms with E-state index in [9.17, 15) is 106 Å². The highest BCUT2D eigenvalue weighted by Gasteiger charge is 2.51. The van der Waals surface area contributed by atoms with Gasteiger partial charge in [-0.1, -0.05) is 29.5 Å². The van der Waals surface area contributed by atoms with E-state index in [1.54, 1.807) is 68.1 Å². The maximum absolute atomic E-state index is 14.0. The zero-order valence-electron chi connectivity index (χ0n) is 79.7. The first-order valence-electron chi connectivity index (χ1n) is 47.8. The molecule has 3 saturated heterocycles. The van der Waals surface area contributed by atoms with Crippen molar-refractivity contribution in [1.82, 2.24) is 101 Å². The van der Waals surface area contributed by atoms with E-state index in [1.165, 1.54) is 24.5 Å². The van der Waals surface area contributed by atoms with E-state index < -0.39 is 142 Å². The highest BCUT2D eigenvalue weighted by atomic mass is 19.3. The molecule has 0 spiro atoms. The van der Waals surface area contributed by atoms with E-state index in [2.05, 4.69) is 83.1 Å². The molecule has 13 N–H and O–H groups in total. The standard InChI is InChI=1S/C92H123F4N25O23/c93-91(94)48-60(50-97)119(58-91)77(125)52-108-84(133)66-16-23-102-82-64(66)6-1-8-72(82)142-38-4-21-99-75(123)18-40-138-44-46-140-42-27-105-88-110-87(111-89(112-88)106-28-43-141-47-45-139-41-19-76(124)100-22-5-39-143-73-9-2-7-65-67(17-24-103-83(65)73)85(134)109-53-78(126)120-59-92(95,96)49-61(120)51-98)104-20-3-29-121-70-13-11-63-62(10-12-69(70)113-114-121)68(63)57-144-90(137)107-26-25-101-74(122)15-14-71(86(135)136)118-36-34-116(55-80(129)130)32-30-115(54-79(127)128)31-33-117(35-37-118)56-81(131)132/h1-2,6-9,16-17,23-24,60-63,68,71H,3-5,10-15,18-22,25-49,52-59H2,(H,99,123)(H,100,124)(H,101,122)(H,107,137)(H,108,133)(H,109,134)(H,127,128)(H,129,130)(H,131,132)(H,135,136)(H3,104,105,106,110,111,112)/t60-,61-,62+,63-,68+,71?/m0/s1. The summed E-state index contributed by atoms with van der Waals surface area (Å²) in [7, 11) is 0. The molecule has 1 unspecified atom stereocenters. The van der Waals surface area contributed by atoms with Crippen molar-refractivity contribution in [1.29, 1.82) is 10.5 Å². The van der Waals surface area contributed by atoms with Crippen molar-refractivity contribution in [2.75, 3.05) is 233 Å². The fourth-order valence-corrected chi connectivity index (χ4v) is 17.2. The number of hydrogen-bond donors (Lipinski definition) is 13. The largest absolute Gasteiger partial charge is 0.491 e. The van der Waals surface area contributed by atoms with Gasteiger partial charge in [-0.25, -0.2) is 27.0 Å². The number of carboxylic acid groups (broad SMARTS) is 4. The zero-order valence-corrected chi connectivity index (χ0v) is 79.7. The third-order valence-corrected chi connectivity index (χ3v) is 24.6. The average molecular weight is 2020 g/mol. The van der Waals surface area contributed by atoms with Gasteiger partial charge in [0.1, 0.15) is 40.7 Å². The Balaban J connectivity index is 0.572. The summed E-state index contributed by atoms with van der Waals surface area (Å²) in [4.78, 5) is 182. The molecule has 1 saturated carbocycles. The first-order valence-corrected chi connectivity index (χ1v) is 47.8. The van der Waals surface area contributed by atoms with Gasteiger partial charge in [0.2, 0.25) is 47.4 Å². The third kappa shape index (κ3) is 35.7. The summed E-state index contributed by atoms with van der Waals surface area (Å²) < 4.78 is 98.3. The van der Waals surface area contributed by atoms with Crippen LogP contribution in [-0.4, -0.2) is 408 Å². The molecule has 3 aliphatic heterocycles. The van der Waals surface area contributed by atoms with Gasteiger partial charge < -0.3 is 111 Å². The molecule has 4 fully saturated rings. The van der Waals surface area contributed by atoms with Crippen molar-refractivity contribution in [3.63, 3.8) is 0 Å². The SMILES string of the molecule is N#C[C@@H]1CC(F)(F)CN1C(=O)CNC(=O)c1ccnc2c(OCCCNC(=O)CCOCCOCCNc3nc(NCCCn4nnc5c4CC[C@H]4[C@@H](CC5)[C@H]4COC(=O)NCCNC(=O)CCC(C(=O)O)N4CCN(CC(=O)O)CCN(CC(=O)O)CCN(CC(=O)O)CC4)nc(NCCOCCOCCC(=O)NCCCOc4cccc5c(C(=O)NCC(=O)N6CC(F)(F)C[C@H]6C#N)ccnc45)n3)cccc12. The number of fused-ring (bicyclic) bond motifs is 4. The molecular formula is C92H123F4N25O23. The smallest absolute Gasteiger partial charge is 0.407 e. The Bertz CT molecular complexity index is 5210. The predicted octanol–water partition coefficient (Wildman–Crippen LogP) is 1.17. The van der Waals surface area contributed by atoms with Crippen LogP contribution in [0.25, 0.3) is 21.8 Å². The number of nitriles is 2. The number of nitrogens with one attached hydrogen (secondary N) is 9. The minimum Gasteiger partial charge on any atom is -0.491 e. The lowest BCUT2D eigenvalue weighted by Gasteiger charge is -2.35. The fraction of sp³-hybridized carbons (Fsp3) is 0.598. The van der Waals surface area contributed by atoms with E-state index in [4.69, 9.17) is 33.2 Å². The summed E-state index contributed by atoms with van der Waals surface area (Å²) in [6.07, 6.45) is 4.86. The predicted molar refractivity (Wildman–Crippen MR) is 502 cm³/mol. The number of para-hydroxylation sites is 2. The van der Waals surface area contributed by atoms with Gasteiger partial charge in [0.25, 0.3) is 23.7 Å². The average Bonchev–Trinajstić information content (AvgIpc) is 1.47. The number of aliphatic carboxylic acids is 4. The number of aryl methyl sites for hydroxylation is 2. The van der Waals surface area contributed by atoms with Crippen molar-refractivity contribution < 1.29 is 129 Å². The second-order valence-electron chi connectivity index (χ2n) is 34.9. The second kappa shape index (κ2) is 56.3. The third-order valence-electron chi connectivity index (χ3n) is 24.6. The summed E-state index contributed by atoms with van der Waals surface area (Å²) >= 11 is 0. The van der Waals surface area contributed by atoms with E-state index in [0.29, 0.717) is 90.3 Å². The lowest BCUT2D eigenvalue weighted by Crippen LogP contribution is -2.52. The normalized spacial score (nSPS) is 18.3. The number of alkyl halides is 4. The number of anilines is 3. The highest BCUT2D eigenvalue weighted by molar-refractivity contribution is 6.09. The maximum Gasteiger partial charge on any atom is 0.407 e. The van der Waals surface area contributed by atoms with Crippen LogP contribution >= 0.6 is 0 Å². The van der Waals surface area contributed by atoms with Crippen molar-refractivity contribution in [2.45, 2.75) is 120 Å². The number of pyridine rings is 2. The molecule has 5 aliphatic rings. The number of benzene rings is 2. The summed E-state index contributed by atoms with van der Waals surface area (Å²) in [5.74, 6) is -12.7. The Kier molecular flexibility index (Phi) is 43.3. The Morgan fingerprint density at radius 2 is 0.924 bits per heavy atom. The van der Waals surface area contributed by atoms with Gasteiger partial charge >= 0.3 is 30.0 Å². The van der Waals surface area contributed by atoms with Crippen LogP contribution in [0.2, 0.25) is 0 Å². The van der Waals surface area contributed by atoms with E-state index in [0.717, 1.165) is 34.0 Å². The minimum atomic E-state index is -3.21. The van der Waals surface area contributed by atoms with Crippen LogP contribution in [0.4, 0.5) is 40.2 Å². The van der Waals surface area contributed by atoms with Gasteiger partial charge in [-0.15, -0.1) is 5.10 Å². The summed E-state index contributed by atoms with van der Waals surface area (Å²) in [6, 6.07) is 12.4. The number of carbonyl (C=O) groups excluding carboxylic acids is 8. The topological polar surface area (TPSA) is 621 Å². The number of ether oxygens (including phenoxy) is 7. The number of carbonyl (C=O) groups is 12. The molecule has 144 heavy (non-hydrogen) atoms. The van der Waals surface area contributed by atoms with Gasteiger partial charge in [0, 0.05) is 160 Å². The quantitative estimate of drug-likeness (QED) is 0.0188. The molecule has 52 heteroatoms. The molecule has 0 bridgehead atoms. The summed E-state index contributed by atoms with van der Waals surface area (Å²) in [6.45, 7) is 0.972. The monoisotopic (exact) mass is 2020 g/mol. The Labute approximate surface area is 825 Å². The van der Waals surface area contributed by atoms with Gasteiger partial charge in [-0.2, -0.15) is 25.5 Å². The summed E-state index contributed by atoms with van der Waals surface area (Å²) in [5.41, 5.74) is 2.97. The van der Waals surface area contributed by atoms with E-state index in [-0.39, 0.29) is 243 Å². The number of hydrogen-bond acceptors (Lipinski definition) is 35. The van der Waals surface area contributed by atoms with Crippen molar-refractivity contribution in [3.05, 3.63) is 83.4 Å². The molecule has 8 amide bonds. The molecule has 0 radical (unpaired) electrons. The highest BCUT2D eigenvalue weighted by Crippen LogP contribution is 2.53. The lowest BCUT2D eigenvalue weighted by molar-refractivity contribution is -0.145. The molecule has 4 aromatic heterocycles. The lowest BCUT2D eigenvalue weighted by atomic mass is 10.0. The molecule has 6 atom stereocenters. The molecule has 11 rings (SSSR count). The van der Waals surface area contributed by atoms with Gasteiger partial charge in [-0.05, 0) is 93.4 Å². The zero-order chi connectivity index (χ0) is 103. The van der Waals surface area contributed by atoms with Crippen molar-refractivity contribution in [2.24, 2.45) is 17.8 Å².